The molecule has 1 aromatic carbocycles. The number of benzene rings is 1. The van der Waals surface area contributed by atoms with Crippen LogP contribution in [0, 0.1) is 0 Å². The molecule has 0 saturated heterocycles. The molecular weight excluding hydrogens is 222 g/mol. The third-order valence-electron chi connectivity index (χ3n) is 2.69. The van der Waals surface area contributed by atoms with Gasteiger partial charge in [-0.05, 0) is 12.1 Å². The normalized spacial score (nSPS) is 10.5. The summed E-state index contributed by atoms with van der Waals surface area (Å²) in [6.07, 6.45) is 0. The lowest BCUT2D eigenvalue weighted by Crippen LogP contribution is -2.23. The quantitative estimate of drug-likeness (QED) is 0.574. The van der Waals surface area contributed by atoms with E-state index in [0.29, 0.717) is 22.4 Å². The van der Waals surface area contributed by atoms with E-state index in [-0.39, 0.29) is 5.62 Å². The van der Waals surface area contributed by atoms with Crippen LogP contribution < -0.4 is 16.3 Å². The Morgan fingerprint density at radius 3 is 1.71 bits per heavy atom. The van der Waals surface area contributed by atoms with Crippen molar-refractivity contribution in [3.63, 3.8) is 0 Å². The van der Waals surface area contributed by atoms with Crippen molar-refractivity contribution in [3.05, 3.63) is 17.8 Å². The van der Waals surface area contributed by atoms with Crippen molar-refractivity contribution in [2.45, 2.75) is 0 Å². The summed E-state index contributed by atoms with van der Waals surface area (Å²) in [4.78, 5) is 3.83. The minimum atomic E-state index is 0.0548. The van der Waals surface area contributed by atoms with Crippen LogP contribution in [0.4, 0.5) is 11.4 Å². The summed E-state index contributed by atoms with van der Waals surface area (Å²) in [5, 5.41) is 25.9. The van der Waals surface area contributed by atoms with Gasteiger partial charge in [0.15, 0.2) is 0 Å². The predicted molar refractivity (Wildman–Crippen MR) is 64.9 cm³/mol. The molecule has 0 atom stereocenters. The van der Waals surface area contributed by atoms with E-state index in [1.165, 1.54) is 7.05 Å². The van der Waals surface area contributed by atoms with Gasteiger partial charge in [-0.3, -0.25) is 4.99 Å². The maximum Gasteiger partial charge on any atom is 0.272 e. The van der Waals surface area contributed by atoms with Crippen molar-refractivity contribution in [3.8, 4) is 0 Å². The Hall–Kier alpha value is -2.31. The number of anilines is 2. The van der Waals surface area contributed by atoms with Gasteiger partial charge < -0.3 is 21.0 Å². The zero-order valence-corrected chi connectivity index (χ0v) is 9.89. The summed E-state index contributed by atoms with van der Waals surface area (Å²) in [5.41, 5.74) is 2.36. The van der Waals surface area contributed by atoms with Crippen molar-refractivity contribution in [2.75, 3.05) is 31.8 Å². The van der Waals surface area contributed by atoms with Gasteiger partial charge in [-0.25, -0.2) is 0 Å². The molecular formula is C10H15N5O2. The van der Waals surface area contributed by atoms with Crippen LogP contribution in [0.2, 0.25) is 0 Å². The first-order valence-electron chi connectivity index (χ1n) is 5.13. The number of imidazole rings is 1. The van der Waals surface area contributed by atoms with Crippen LogP contribution in [-0.4, -0.2) is 41.0 Å². The fourth-order valence-corrected chi connectivity index (χ4v) is 1.89. The smallest absolute Gasteiger partial charge is 0.272 e. The molecule has 1 aromatic heterocycles. The third kappa shape index (κ3) is 1.39. The highest BCUT2D eigenvalue weighted by atomic mass is 16.5. The van der Waals surface area contributed by atoms with Crippen molar-refractivity contribution in [2.24, 2.45) is 4.99 Å². The standard InChI is InChI=1S/C10H15N5O2/c1-11-6-4-5-7(12-2)9-8(6)14(16)10(13-3)15(9)17/h4-5,11-12,16-17H,1-3H3. The number of nitrogens with one attached hydrogen (secondary N) is 2. The first kappa shape index (κ1) is 11.2. The van der Waals surface area contributed by atoms with Gasteiger partial charge in [-0.2, -0.15) is 0 Å². The number of hydrogen-bond donors (Lipinski definition) is 4. The molecule has 0 aliphatic carbocycles. The maximum absolute atomic E-state index is 9.98. The molecule has 7 heteroatoms. The molecule has 92 valence electrons. The molecule has 2 aromatic rings. The van der Waals surface area contributed by atoms with Crippen LogP contribution in [0.3, 0.4) is 0 Å². The minimum Gasteiger partial charge on any atom is -0.425 e. The predicted octanol–water partition coefficient (Wildman–Crippen LogP) is 0.531. The first-order chi connectivity index (χ1) is 8.15. The zero-order chi connectivity index (χ0) is 12.6. The highest BCUT2D eigenvalue weighted by Gasteiger charge is 2.17. The van der Waals surface area contributed by atoms with Crippen molar-refractivity contribution in [1.82, 2.24) is 9.46 Å². The number of hydrogen-bond acceptors (Lipinski definition) is 5. The molecule has 0 saturated carbocycles. The van der Waals surface area contributed by atoms with Crippen LogP contribution >= 0.6 is 0 Å². The summed E-state index contributed by atoms with van der Waals surface area (Å²) in [5.74, 6) is 0. The van der Waals surface area contributed by atoms with E-state index in [4.69, 9.17) is 0 Å². The van der Waals surface area contributed by atoms with Gasteiger partial charge >= 0.3 is 0 Å². The van der Waals surface area contributed by atoms with E-state index in [1.54, 1.807) is 26.2 Å². The Bertz CT molecular complexity index is 576. The maximum atomic E-state index is 9.98. The van der Waals surface area contributed by atoms with Gasteiger partial charge in [-0.1, -0.05) is 0 Å². The Labute approximate surface area is 97.5 Å². The van der Waals surface area contributed by atoms with E-state index in [9.17, 15) is 10.4 Å². The van der Waals surface area contributed by atoms with Crippen molar-refractivity contribution >= 4 is 22.4 Å². The van der Waals surface area contributed by atoms with Crippen LogP contribution in [0.1, 0.15) is 0 Å². The average molecular weight is 237 g/mol. The molecule has 7 nitrogen and oxygen atoms in total. The first-order valence-corrected chi connectivity index (χ1v) is 5.13. The summed E-state index contributed by atoms with van der Waals surface area (Å²) in [6.45, 7) is 0. The second kappa shape index (κ2) is 3.93. The van der Waals surface area contributed by atoms with Gasteiger partial charge in [0, 0.05) is 21.1 Å². The lowest BCUT2D eigenvalue weighted by atomic mass is 10.2. The van der Waals surface area contributed by atoms with Gasteiger partial charge in [0.25, 0.3) is 5.62 Å². The molecule has 0 bridgehead atoms. The van der Waals surface area contributed by atoms with E-state index < -0.39 is 0 Å². The largest absolute Gasteiger partial charge is 0.425 e. The summed E-state index contributed by atoms with van der Waals surface area (Å²) < 4.78 is 1.70. The van der Waals surface area contributed by atoms with E-state index in [0.717, 1.165) is 9.46 Å². The molecule has 1 heterocycles. The Balaban J connectivity index is 3.05. The lowest BCUT2D eigenvalue weighted by molar-refractivity contribution is 0.133. The van der Waals surface area contributed by atoms with Gasteiger partial charge in [0.05, 0.1) is 11.4 Å². The number of aromatic nitrogens is 2. The zero-order valence-electron chi connectivity index (χ0n) is 9.89. The average Bonchev–Trinajstić information content (AvgIpc) is 2.61. The van der Waals surface area contributed by atoms with E-state index >= 15 is 0 Å². The lowest BCUT2D eigenvalue weighted by Gasteiger charge is -2.07. The molecule has 17 heavy (non-hydrogen) atoms. The molecule has 0 unspecified atom stereocenters. The monoisotopic (exact) mass is 237 g/mol. The van der Waals surface area contributed by atoms with E-state index in [2.05, 4.69) is 15.6 Å². The van der Waals surface area contributed by atoms with Gasteiger partial charge in [0.1, 0.15) is 11.0 Å². The van der Waals surface area contributed by atoms with E-state index in [1.807, 2.05) is 0 Å². The fourth-order valence-electron chi connectivity index (χ4n) is 1.89. The highest BCUT2D eigenvalue weighted by molar-refractivity contribution is 5.97. The van der Waals surface area contributed by atoms with Gasteiger partial charge in [0.2, 0.25) is 0 Å². The van der Waals surface area contributed by atoms with Crippen LogP contribution in [0.25, 0.3) is 11.0 Å². The molecule has 0 amide bonds. The SMILES string of the molecule is CN=c1n(O)c2c(NC)ccc(NC)c2n1O. The highest BCUT2D eigenvalue weighted by Crippen LogP contribution is 2.27. The second-order valence-electron chi connectivity index (χ2n) is 3.51. The molecule has 0 radical (unpaired) electrons. The molecule has 2 rings (SSSR count). The third-order valence-corrected chi connectivity index (χ3v) is 2.69. The summed E-state index contributed by atoms with van der Waals surface area (Å²) in [6, 6.07) is 3.61. The Kier molecular flexibility index (Phi) is 2.58. The Morgan fingerprint density at radius 2 is 1.41 bits per heavy atom. The Morgan fingerprint density at radius 1 is 1.00 bits per heavy atom. The fraction of sp³-hybridized carbons (Fsp3) is 0.300. The molecule has 0 fully saturated rings. The molecule has 0 aliphatic rings. The minimum absolute atomic E-state index is 0.0548. The molecule has 0 spiro atoms. The summed E-state index contributed by atoms with van der Waals surface area (Å²) >= 11 is 0. The molecule has 0 aliphatic heterocycles. The number of nitrogens with zero attached hydrogens (tertiary/aromatic N) is 3. The van der Waals surface area contributed by atoms with Gasteiger partial charge in [-0.15, -0.1) is 9.46 Å². The van der Waals surface area contributed by atoms with Crippen LogP contribution in [0.5, 0.6) is 0 Å². The van der Waals surface area contributed by atoms with Crippen LogP contribution in [-0.2, 0) is 0 Å². The summed E-state index contributed by atoms with van der Waals surface area (Å²) in [7, 11) is 4.97. The topological polar surface area (TPSA) is 86.7 Å². The number of rotatable bonds is 2. The van der Waals surface area contributed by atoms with Crippen molar-refractivity contribution in [1.29, 1.82) is 0 Å². The second-order valence-corrected chi connectivity index (χ2v) is 3.51. The molecule has 4 N–H and O–H groups in total. The number of fused-ring (bicyclic) bond motifs is 1. The van der Waals surface area contributed by atoms with Crippen LogP contribution in [0.15, 0.2) is 17.1 Å². The van der Waals surface area contributed by atoms with Crippen molar-refractivity contribution < 1.29 is 10.4 Å².